The molecule has 1 saturated carbocycles. The first kappa shape index (κ1) is 15.3. The molecule has 1 aliphatic rings. The van der Waals surface area contributed by atoms with Gasteiger partial charge in [-0.25, -0.2) is 0 Å². The molecule has 0 bridgehead atoms. The van der Waals surface area contributed by atoms with Crippen LogP contribution in [0.25, 0.3) is 0 Å². The third-order valence-electron chi connectivity index (χ3n) is 3.20. The average Bonchev–Trinajstić information content (AvgIpc) is 3.23. The van der Waals surface area contributed by atoms with E-state index in [1.165, 1.54) is 0 Å². The molecule has 5 heteroatoms. The number of benzene rings is 1. The van der Waals surface area contributed by atoms with Crippen LogP contribution in [0.1, 0.15) is 32.3 Å². The van der Waals surface area contributed by atoms with Gasteiger partial charge in [0.05, 0.1) is 4.47 Å². The maximum absolute atomic E-state index is 12.0. The average molecular weight is 341 g/mol. The van der Waals surface area contributed by atoms with Gasteiger partial charge in [0, 0.05) is 18.2 Å². The quantitative estimate of drug-likeness (QED) is 0.802. The molecule has 20 heavy (non-hydrogen) atoms. The van der Waals surface area contributed by atoms with Gasteiger partial charge in [0.25, 0.3) is 5.91 Å². The van der Waals surface area contributed by atoms with Crippen LogP contribution in [0.4, 0.5) is 0 Å². The van der Waals surface area contributed by atoms with E-state index in [0.29, 0.717) is 6.04 Å². The second kappa shape index (κ2) is 7.09. The zero-order chi connectivity index (χ0) is 14.5. The first-order valence-electron chi connectivity index (χ1n) is 7.07. The maximum Gasteiger partial charge on any atom is 0.260 e. The third-order valence-corrected chi connectivity index (χ3v) is 3.83. The molecule has 0 heterocycles. The van der Waals surface area contributed by atoms with E-state index < -0.39 is 6.10 Å². The third kappa shape index (κ3) is 4.21. The lowest BCUT2D eigenvalue weighted by molar-refractivity contribution is -0.127. The number of halogens is 1. The van der Waals surface area contributed by atoms with E-state index >= 15 is 0 Å². The summed E-state index contributed by atoms with van der Waals surface area (Å²) in [5.74, 6) is 0.699. The van der Waals surface area contributed by atoms with Gasteiger partial charge < -0.3 is 15.4 Å². The van der Waals surface area contributed by atoms with Crippen LogP contribution in [0, 0.1) is 0 Å². The first-order chi connectivity index (χ1) is 9.61. The molecular weight excluding hydrogens is 320 g/mol. The van der Waals surface area contributed by atoms with E-state index in [4.69, 9.17) is 4.74 Å². The highest BCUT2D eigenvalue weighted by Gasteiger charge is 2.27. The van der Waals surface area contributed by atoms with Gasteiger partial charge in [-0.3, -0.25) is 4.79 Å². The van der Waals surface area contributed by atoms with Crippen molar-refractivity contribution in [1.29, 1.82) is 0 Å². The Kier molecular flexibility index (Phi) is 5.43. The van der Waals surface area contributed by atoms with Gasteiger partial charge in [0.2, 0.25) is 0 Å². The summed E-state index contributed by atoms with van der Waals surface area (Å²) >= 11 is 3.50. The minimum absolute atomic E-state index is 0.0438. The van der Waals surface area contributed by atoms with Crippen molar-refractivity contribution >= 4 is 21.8 Å². The fourth-order valence-electron chi connectivity index (χ4n) is 1.86. The monoisotopic (exact) mass is 340 g/mol. The van der Waals surface area contributed by atoms with E-state index in [1.807, 2.05) is 18.2 Å². The van der Waals surface area contributed by atoms with Crippen molar-refractivity contribution in [2.24, 2.45) is 0 Å². The molecule has 1 aromatic carbocycles. The van der Waals surface area contributed by atoms with E-state index in [9.17, 15) is 4.79 Å². The van der Waals surface area contributed by atoms with Crippen LogP contribution in [0.3, 0.4) is 0 Å². The van der Waals surface area contributed by atoms with Crippen LogP contribution in [-0.4, -0.2) is 24.6 Å². The Morgan fingerprint density at radius 2 is 2.25 bits per heavy atom. The van der Waals surface area contributed by atoms with Gasteiger partial charge in [-0.05, 0) is 48.3 Å². The molecule has 0 radical (unpaired) electrons. The van der Waals surface area contributed by atoms with Gasteiger partial charge in [-0.15, -0.1) is 0 Å². The molecule has 0 saturated heterocycles. The molecular formula is C15H21BrN2O2. The highest BCUT2D eigenvalue weighted by molar-refractivity contribution is 9.10. The summed E-state index contributed by atoms with van der Waals surface area (Å²) < 4.78 is 6.74. The summed E-state index contributed by atoms with van der Waals surface area (Å²) in [6, 6.07) is 6.26. The van der Waals surface area contributed by atoms with Crippen LogP contribution >= 0.6 is 15.9 Å². The summed E-state index contributed by atoms with van der Waals surface area (Å²) in [4.78, 5) is 12.0. The van der Waals surface area contributed by atoms with E-state index in [1.54, 1.807) is 6.92 Å². The van der Waals surface area contributed by atoms with Gasteiger partial charge in [0.15, 0.2) is 6.10 Å². The predicted octanol–water partition coefficient (Wildman–Crippen LogP) is 2.60. The SMILES string of the molecule is CCNCc1cccc(Br)c1OC(C)C(=O)NC1CC1. The van der Waals surface area contributed by atoms with Crippen molar-refractivity contribution in [2.75, 3.05) is 6.54 Å². The maximum atomic E-state index is 12.0. The number of amides is 1. The molecule has 1 atom stereocenters. The second-order valence-corrected chi connectivity index (χ2v) is 5.91. The van der Waals surface area contributed by atoms with Gasteiger partial charge in [0.1, 0.15) is 5.75 Å². The zero-order valence-corrected chi connectivity index (χ0v) is 13.5. The van der Waals surface area contributed by atoms with Crippen LogP contribution in [0.2, 0.25) is 0 Å². The molecule has 2 N–H and O–H groups in total. The number of hydrogen-bond acceptors (Lipinski definition) is 3. The molecule has 1 aliphatic carbocycles. The Bertz CT molecular complexity index is 475. The van der Waals surface area contributed by atoms with Crippen LogP contribution in [0.5, 0.6) is 5.75 Å². The highest BCUT2D eigenvalue weighted by atomic mass is 79.9. The summed E-state index contributed by atoms with van der Waals surface area (Å²) in [7, 11) is 0. The lowest BCUT2D eigenvalue weighted by Crippen LogP contribution is -2.37. The lowest BCUT2D eigenvalue weighted by Gasteiger charge is -2.18. The molecule has 4 nitrogen and oxygen atoms in total. The molecule has 0 aliphatic heterocycles. The molecule has 1 aromatic rings. The van der Waals surface area contributed by atoms with Crippen molar-refractivity contribution < 1.29 is 9.53 Å². The highest BCUT2D eigenvalue weighted by Crippen LogP contribution is 2.30. The van der Waals surface area contributed by atoms with Crippen molar-refractivity contribution in [3.63, 3.8) is 0 Å². The van der Waals surface area contributed by atoms with Gasteiger partial charge in [-0.2, -0.15) is 0 Å². The zero-order valence-electron chi connectivity index (χ0n) is 11.9. The normalized spacial score (nSPS) is 15.8. The van der Waals surface area contributed by atoms with Crippen LogP contribution in [-0.2, 0) is 11.3 Å². The summed E-state index contributed by atoms with van der Waals surface area (Å²) in [6.45, 7) is 5.46. The summed E-state index contributed by atoms with van der Waals surface area (Å²) in [5.41, 5.74) is 1.05. The van der Waals surface area contributed by atoms with E-state index in [2.05, 4.69) is 33.5 Å². The molecule has 0 aromatic heterocycles. The van der Waals surface area contributed by atoms with E-state index in [-0.39, 0.29) is 5.91 Å². The Balaban J connectivity index is 2.04. The van der Waals surface area contributed by atoms with Gasteiger partial charge in [-0.1, -0.05) is 19.1 Å². The number of carbonyl (C=O) groups excluding carboxylic acids is 1. The van der Waals surface area contributed by atoms with Crippen LogP contribution in [0.15, 0.2) is 22.7 Å². The van der Waals surface area contributed by atoms with Gasteiger partial charge >= 0.3 is 0 Å². The molecule has 1 amide bonds. The summed E-state index contributed by atoms with van der Waals surface area (Å²) in [5, 5.41) is 6.24. The lowest BCUT2D eigenvalue weighted by atomic mass is 10.2. The number of carbonyl (C=O) groups is 1. The molecule has 2 rings (SSSR count). The number of nitrogens with one attached hydrogen (secondary N) is 2. The minimum Gasteiger partial charge on any atom is -0.479 e. The first-order valence-corrected chi connectivity index (χ1v) is 7.86. The number of ether oxygens (including phenoxy) is 1. The minimum atomic E-state index is -0.491. The largest absolute Gasteiger partial charge is 0.479 e. The summed E-state index contributed by atoms with van der Waals surface area (Å²) in [6.07, 6.45) is 1.67. The molecule has 1 fully saturated rings. The standard InChI is InChI=1S/C15H21BrN2O2/c1-3-17-9-11-5-4-6-13(16)14(11)20-10(2)15(19)18-12-7-8-12/h4-6,10,12,17H,3,7-9H2,1-2H3,(H,18,19). The molecule has 0 spiro atoms. The Morgan fingerprint density at radius 1 is 1.50 bits per heavy atom. The molecule has 110 valence electrons. The number of hydrogen-bond donors (Lipinski definition) is 2. The second-order valence-electron chi connectivity index (χ2n) is 5.05. The van der Waals surface area contributed by atoms with Crippen molar-refractivity contribution in [3.8, 4) is 5.75 Å². The fourth-order valence-corrected chi connectivity index (χ4v) is 2.36. The Hall–Kier alpha value is -1.07. The Morgan fingerprint density at radius 3 is 2.90 bits per heavy atom. The topological polar surface area (TPSA) is 50.4 Å². The predicted molar refractivity (Wildman–Crippen MR) is 82.8 cm³/mol. The number of rotatable bonds is 7. The Labute approximate surface area is 128 Å². The van der Waals surface area contributed by atoms with Crippen molar-refractivity contribution in [3.05, 3.63) is 28.2 Å². The fraction of sp³-hybridized carbons (Fsp3) is 0.533. The molecule has 1 unspecified atom stereocenters. The van der Waals surface area contributed by atoms with Crippen molar-refractivity contribution in [1.82, 2.24) is 10.6 Å². The van der Waals surface area contributed by atoms with Crippen molar-refractivity contribution in [2.45, 2.75) is 45.4 Å². The smallest absolute Gasteiger partial charge is 0.260 e. The van der Waals surface area contributed by atoms with Crippen LogP contribution < -0.4 is 15.4 Å². The van der Waals surface area contributed by atoms with E-state index in [0.717, 1.165) is 41.7 Å². The number of para-hydroxylation sites is 1.